The van der Waals surface area contributed by atoms with Crippen LogP contribution >= 0.6 is 22.7 Å². The third-order valence-corrected chi connectivity index (χ3v) is 7.52. The van der Waals surface area contributed by atoms with Gasteiger partial charge in [-0.3, -0.25) is 0 Å². The molecule has 6 nitrogen and oxygen atoms in total. The number of fused-ring (bicyclic) bond motifs is 2. The lowest BCUT2D eigenvalue weighted by molar-refractivity contribution is -0.144. The van der Waals surface area contributed by atoms with E-state index in [-0.39, 0.29) is 6.04 Å². The standard InChI is InChI=1S/C12H15N3S.C11H10F3N3S/c1-3-9-14-11(13-8-4-5-8)10-7(2)6-16-12(10)15-9;1-5-4-7-8(15-6-2-3-6)16-10(11(12,13)14)17-9(7)18-5/h6,8H,3-5H2,1-2H3,(H,13,14,15);4,6H,2-3H2,1H3,(H,15,16,17). The Bertz CT molecular complexity index is 1340. The lowest BCUT2D eigenvalue weighted by Crippen LogP contribution is -2.13. The molecule has 4 aromatic rings. The molecule has 0 amide bonds. The van der Waals surface area contributed by atoms with E-state index in [1.165, 1.54) is 35.1 Å². The number of nitrogens with zero attached hydrogens (tertiary/aromatic N) is 4. The fraction of sp³-hybridized carbons (Fsp3) is 0.478. The zero-order chi connectivity index (χ0) is 24.0. The van der Waals surface area contributed by atoms with Crippen LogP contribution in [0.25, 0.3) is 20.4 Å². The molecule has 2 N–H and O–H groups in total. The van der Waals surface area contributed by atoms with Gasteiger partial charge in [0.2, 0.25) is 5.82 Å². The van der Waals surface area contributed by atoms with Crippen LogP contribution in [0.2, 0.25) is 0 Å². The van der Waals surface area contributed by atoms with E-state index in [9.17, 15) is 13.2 Å². The van der Waals surface area contributed by atoms with Crippen LogP contribution in [0.4, 0.5) is 24.8 Å². The molecule has 11 heteroatoms. The van der Waals surface area contributed by atoms with Crippen molar-refractivity contribution in [2.24, 2.45) is 0 Å². The zero-order valence-electron chi connectivity index (χ0n) is 19.1. The second-order valence-electron chi connectivity index (χ2n) is 8.75. The molecule has 2 saturated carbocycles. The second-order valence-corrected chi connectivity index (χ2v) is 10.8. The highest BCUT2D eigenvalue weighted by atomic mass is 32.1. The van der Waals surface area contributed by atoms with E-state index in [1.807, 2.05) is 13.0 Å². The molecule has 0 aromatic carbocycles. The van der Waals surface area contributed by atoms with E-state index in [1.54, 1.807) is 11.3 Å². The Balaban J connectivity index is 0.000000142. The maximum Gasteiger partial charge on any atom is 0.451 e. The molecular weight excluding hydrogens is 481 g/mol. The Labute approximate surface area is 203 Å². The van der Waals surface area contributed by atoms with Gasteiger partial charge in [-0.15, -0.1) is 22.7 Å². The first-order valence-electron chi connectivity index (χ1n) is 11.3. The average molecular weight is 507 g/mol. The number of hydrogen-bond donors (Lipinski definition) is 2. The second kappa shape index (κ2) is 8.92. The fourth-order valence-electron chi connectivity index (χ4n) is 3.51. The molecule has 2 fully saturated rings. The smallest absolute Gasteiger partial charge is 0.367 e. The summed E-state index contributed by atoms with van der Waals surface area (Å²) in [7, 11) is 0. The summed E-state index contributed by atoms with van der Waals surface area (Å²) in [5, 5.41) is 10.6. The number of nitrogens with one attached hydrogen (secondary N) is 2. The zero-order valence-corrected chi connectivity index (χ0v) is 20.7. The van der Waals surface area contributed by atoms with Gasteiger partial charge in [-0.2, -0.15) is 13.2 Å². The molecule has 2 aliphatic rings. The van der Waals surface area contributed by atoms with Crippen molar-refractivity contribution in [3.05, 3.63) is 33.5 Å². The summed E-state index contributed by atoms with van der Waals surface area (Å²) < 4.78 is 38.1. The molecule has 6 rings (SSSR count). The van der Waals surface area contributed by atoms with Crippen LogP contribution in [0.15, 0.2) is 11.4 Å². The minimum atomic E-state index is -4.51. The van der Waals surface area contributed by atoms with Crippen LogP contribution in [0.3, 0.4) is 0 Å². The average Bonchev–Trinajstić information content (AvgIpc) is 3.70. The Morgan fingerprint density at radius 1 is 0.941 bits per heavy atom. The maximum atomic E-state index is 12.7. The van der Waals surface area contributed by atoms with Gasteiger partial charge >= 0.3 is 6.18 Å². The molecule has 180 valence electrons. The first-order valence-corrected chi connectivity index (χ1v) is 13.0. The predicted octanol–water partition coefficient (Wildman–Crippen LogP) is 6.73. The van der Waals surface area contributed by atoms with Gasteiger partial charge in [0.25, 0.3) is 0 Å². The van der Waals surface area contributed by atoms with Gasteiger partial charge in [0.1, 0.15) is 27.1 Å². The number of aryl methyl sites for hydroxylation is 3. The van der Waals surface area contributed by atoms with E-state index >= 15 is 0 Å². The molecule has 0 spiro atoms. The summed E-state index contributed by atoms with van der Waals surface area (Å²) in [5.41, 5.74) is 1.28. The van der Waals surface area contributed by atoms with Gasteiger partial charge in [-0.1, -0.05) is 6.92 Å². The molecule has 4 aromatic heterocycles. The van der Waals surface area contributed by atoms with Crippen molar-refractivity contribution in [1.82, 2.24) is 19.9 Å². The van der Waals surface area contributed by atoms with Gasteiger partial charge in [0.05, 0.1) is 10.8 Å². The van der Waals surface area contributed by atoms with Gasteiger partial charge in [0, 0.05) is 23.4 Å². The first kappa shape index (κ1) is 23.2. The van der Waals surface area contributed by atoms with Gasteiger partial charge in [-0.05, 0) is 56.5 Å². The molecule has 0 aliphatic heterocycles. The summed E-state index contributed by atoms with van der Waals surface area (Å²) in [6, 6.07) is 2.72. The van der Waals surface area contributed by atoms with Crippen molar-refractivity contribution in [3.8, 4) is 0 Å². The van der Waals surface area contributed by atoms with Crippen LogP contribution in [-0.4, -0.2) is 32.0 Å². The molecular formula is C23H25F3N6S2. The van der Waals surface area contributed by atoms with Crippen molar-refractivity contribution >= 4 is 54.7 Å². The molecule has 4 heterocycles. The van der Waals surface area contributed by atoms with Crippen LogP contribution in [0.5, 0.6) is 0 Å². The highest BCUT2D eigenvalue weighted by molar-refractivity contribution is 7.18. The van der Waals surface area contributed by atoms with E-state index in [4.69, 9.17) is 0 Å². The number of rotatable bonds is 5. The molecule has 0 radical (unpaired) electrons. The molecule has 34 heavy (non-hydrogen) atoms. The van der Waals surface area contributed by atoms with Gasteiger partial charge < -0.3 is 10.6 Å². The lowest BCUT2D eigenvalue weighted by Gasteiger charge is -2.09. The van der Waals surface area contributed by atoms with Crippen molar-refractivity contribution in [2.45, 2.75) is 71.1 Å². The predicted molar refractivity (Wildman–Crippen MR) is 132 cm³/mol. The third kappa shape index (κ3) is 5.10. The minimum absolute atomic E-state index is 0.254. The Morgan fingerprint density at radius 2 is 1.62 bits per heavy atom. The highest BCUT2D eigenvalue weighted by Crippen LogP contribution is 2.36. The summed E-state index contributed by atoms with van der Waals surface area (Å²) in [5.74, 6) is 1.22. The van der Waals surface area contributed by atoms with Crippen molar-refractivity contribution in [3.63, 3.8) is 0 Å². The van der Waals surface area contributed by atoms with Gasteiger partial charge in [-0.25, -0.2) is 19.9 Å². The normalized spacial score (nSPS) is 15.9. The number of alkyl halides is 3. The Kier molecular flexibility index (Phi) is 6.09. The summed E-state index contributed by atoms with van der Waals surface area (Å²) in [4.78, 5) is 18.8. The highest BCUT2D eigenvalue weighted by Gasteiger charge is 2.36. The van der Waals surface area contributed by atoms with E-state index in [0.717, 1.165) is 40.6 Å². The summed E-state index contributed by atoms with van der Waals surface area (Å²) >= 11 is 2.97. The number of hydrogen-bond acceptors (Lipinski definition) is 8. The van der Waals surface area contributed by atoms with Crippen LogP contribution in [0, 0.1) is 13.8 Å². The Morgan fingerprint density at radius 3 is 2.24 bits per heavy atom. The quantitative estimate of drug-likeness (QED) is 0.313. The number of halogens is 3. The summed E-state index contributed by atoms with van der Waals surface area (Å²) in [6.07, 6.45) is 0.899. The van der Waals surface area contributed by atoms with Crippen molar-refractivity contribution in [1.29, 1.82) is 0 Å². The van der Waals surface area contributed by atoms with Crippen LogP contribution < -0.4 is 10.6 Å². The molecule has 0 saturated heterocycles. The number of anilines is 2. The first-order chi connectivity index (χ1) is 16.2. The van der Waals surface area contributed by atoms with Crippen molar-refractivity contribution < 1.29 is 13.2 Å². The van der Waals surface area contributed by atoms with E-state index in [2.05, 4.69) is 49.8 Å². The largest absolute Gasteiger partial charge is 0.451 e. The topological polar surface area (TPSA) is 75.6 Å². The third-order valence-electron chi connectivity index (χ3n) is 5.59. The van der Waals surface area contributed by atoms with Crippen LogP contribution in [-0.2, 0) is 12.6 Å². The van der Waals surface area contributed by atoms with Crippen molar-refractivity contribution in [2.75, 3.05) is 10.6 Å². The fourth-order valence-corrected chi connectivity index (χ4v) is 5.33. The van der Waals surface area contributed by atoms with Crippen LogP contribution in [0.1, 0.15) is 54.7 Å². The van der Waals surface area contributed by atoms with E-state index < -0.39 is 12.0 Å². The molecule has 0 unspecified atom stereocenters. The summed E-state index contributed by atoms with van der Waals surface area (Å²) in [6.45, 7) is 6.08. The molecule has 2 aliphatic carbocycles. The Hall–Kier alpha value is -2.53. The molecule has 0 atom stereocenters. The number of aromatic nitrogens is 4. The maximum absolute atomic E-state index is 12.7. The lowest BCUT2D eigenvalue weighted by atomic mass is 10.2. The molecule has 0 bridgehead atoms. The van der Waals surface area contributed by atoms with Gasteiger partial charge in [0.15, 0.2) is 0 Å². The number of thiophene rings is 2. The minimum Gasteiger partial charge on any atom is -0.367 e. The SMILES string of the molecule is CCc1nc(NC2CC2)c2c(C)csc2n1.Cc1cc2c(NC3CC3)nc(C(F)(F)F)nc2s1. The van der Waals surface area contributed by atoms with E-state index in [0.29, 0.717) is 22.1 Å². The monoisotopic (exact) mass is 506 g/mol.